The molecule has 1 aliphatic carbocycles. The number of hydrogen-bond acceptors (Lipinski definition) is 5. The molecule has 1 aliphatic rings. The summed E-state index contributed by atoms with van der Waals surface area (Å²) in [5.74, 6) is -1.58. The molecule has 0 saturated carbocycles. The lowest BCUT2D eigenvalue weighted by Gasteiger charge is -2.19. The largest absolute Gasteiger partial charge is 0.481 e. The lowest BCUT2D eigenvalue weighted by Crippen LogP contribution is -2.47. The van der Waals surface area contributed by atoms with Gasteiger partial charge >= 0.3 is 12.1 Å². The van der Waals surface area contributed by atoms with Crippen molar-refractivity contribution in [2.24, 2.45) is 0 Å². The van der Waals surface area contributed by atoms with Gasteiger partial charge in [0.25, 0.3) is 0 Å². The number of ether oxygens (including phenoxy) is 2. The monoisotopic (exact) mass is 482 g/mol. The van der Waals surface area contributed by atoms with Gasteiger partial charge in [-0.1, -0.05) is 61.9 Å². The van der Waals surface area contributed by atoms with Crippen LogP contribution in [0.1, 0.15) is 56.1 Å². The van der Waals surface area contributed by atoms with Gasteiger partial charge in [-0.05, 0) is 41.5 Å². The van der Waals surface area contributed by atoms with Crippen LogP contribution in [-0.2, 0) is 19.1 Å². The molecular weight excluding hydrogens is 448 g/mol. The molecule has 35 heavy (non-hydrogen) atoms. The Labute approximate surface area is 206 Å². The van der Waals surface area contributed by atoms with Crippen LogP contribution in [0.25, 0.3) is 11.1 Å². The molecule has 0 aromatic heterocycles. The van der Waals surface area contributed by atoms with Crippen molar-refractivity contribution in [3.63, 3.8) is 0 Å². The molecular formula is C27H34N2O6. The van der Waals surface area contributed by atoms with Crippen molar-refractivity contribution in [3.05, 3.63) is 59.7 Å². The van der Waals surface area contributed by atoms with Crippen LogP contribution in [0.2, 0.25) is 0 Å². The van der Waals surface area contributed by atoms with E-state index in [-0.39, 0.29) is 25.4 Å². The minimum atomic E-state index is -1.04. The van der Waals surface area contributed by atoms with Gasteiger partial charge in [0, 0.05) is 32.1 Å². The van der Waals surface area contributed by atoms with E-state index in [0.29, 0.717) is 26.2 Å². The maximum absolute atomic E-state index is 12.6. The number of fused-ring (bicyclic) bond motifs is 3. The van der Waals surface area contributed by atoms with E-state index in [4.69, 9.17) is 14.6 Å². The van der Waals surface area contributed by atoms with E-state index in [0.717, 1.165) is 35.1 Å². The van der Waals surface area contributed by atoms with Crippen LogP contribution in [-0.4, -0.2) is 55.5 Å². The quantitative estimate of drug-likeness (QED) is 0.350. The highest BCUT2D eigenvalue weighted by Gasteiger charge is 2.29. The molecule has 188 valence electrons. The molecule has 8 heteroatoms. The first-order valence-corrected chi connectivity index (χ1v) is 12.2. The first kappa shape index (κ1) is 26.2. The molecule has 3 N–H and O–H groups in total. The first-order chi connectivity index (χ1) is 17.0. The molecule has 1 atom stereocenters. The molecule has 0 spiro atoms. The van der Waals surface area contributed by atoms with Gasteiger partial charge in [-0.25, -0.2) is 4.79 Å². The highest BCUT2D eigenvalue weighted by atomic mass is 16.5. The Bertz CT molecular complexity index is 963. The molecule has 0 saturated heterocycles. The Hall–Kier alpha value is -3.39. The summed E-state index contributed by atoms with van der Waals surface area (Å²) in [5.41, 5.74) is 4.41. The van der Waals surface area contributed by atoms with Crippen molar-refractivity contribution in [3.8, 4) is 11.1 Å². The molecule has 1 unspecified atom stereocenters. The fourth-order valence-electron chi connectivity index (χ4n) is 4.18. The maximum Gasteiger partial charge on any atom is 0.407 e. The van der Waals surface area contributed by atoms with Crippen molar-refractivity contribution in [1.82, 2.24) is 10.6 Å². The second kappa shape index (κ2) is 13.5. The van der Waals surface area contributed by atoms with Crippen molar-refractivity contribution in [2.75, 3.05) is 26.4 Å². The van der Waals surface area contributed by atoms with Gasteiger partial charge < -0.3 is 25.2 Å². The molecule has 0 heterocycles. The number of amides is 2. The average Bonchev–Trinajstić information content (AvgIpc) is 3.18. The molecule has 2 amide bonds. The average molecular weight is 483 g/mol. The maximum atomic E-state index is 12.6. The van der Waals surface area contributed by atoms with E-state index in [1.165, 1.54) is 0 Å². The number of carboxylic acids is 1. The molecule has 2 aromatic carbocycles. The second-order valence-electron chi connectivity index (χ2n) is 8.57. The van der Waals surface area contributed by atoms with E-state index < -0.39 is 24.0 Å². The lowest BCUT2D eigenvalue weighted by atomic mass is 9.98. The summed E-state index contributed by atoms with van der Waals surface area (Å²) in [6, 6.07) is 15.0. The Morgan fingerprint density at radius 2 is 1.60 bits per heavy atom. The third-order valence-electron chi connectivity index (χ3n) is 6.01. The number of benzene rings is 2. The summed E-state index contributed by atoms with van der Waals surface area (Å²) in [5, 5.41) is 14.3. The van der Waals surface area contributed by atoms with Gasteiger partial charge in [-0.2, -0.15) is 0 Å². The normalized spacial score (nSPS) is 12.9. The minimum Gasteiger partial charge on any atom is -0.481 e. The fourth-order valence-corrected chi connectivity index (χ4v) is 4.18. The summed E-state index contributed by atoms with van der Waals surface area (Å²) < 4.78 is 11.0. The van der Waals surface area contributed by atoms with Gasteiger partial charge in [0.05, 0.1) is 0 Å². The topological polar surface area (TPSA) is 114 Å². The van der Waals surface area contributed by atoms with Crippen LogP contribution in [0.15, 0.2) is 48.5 Å². The Kier molecular flexibility index (Phi) is 10.1. The Balaban J connectivity index is 1.53. The molecule has 2 aromatic rings. The molecule has 8 nitrogen and oxygen atoms in total. The van der Waals surface area contributed by atoms with E-state index in [1.807, 2.05) is 36.4 Å². The zero-order valence-corrected chi connectivity index (χ0v) is 20.1. The molecule has 0 aliphatic heterocycles. The molecule has 0 radical (unpaired) electrons. The van der Waals surface area contributed by atoms with E-state index in [9.17, 15) is 14.4 Å². The SMILES string of the molecule is CCCCOCCCNC(=O)C(CCC(=O)O)NC(=O)OCC1c2ccccc2-c2ccccc21. The van der Waals surface area contributed by atoms with E-state index >= 15 is 0 Å². The number of carbonyl (C=O) groups is 3. The minimum absolute atomic E-state index is 0.0294. The van der Waals surface area contributed by atoms with Crippen LogP contribution < -0.4 is 10.6 Å². The second-order valence-corrected chi connectivity index (χ2v) is 8.57. The summed E-state index contributed by atoms with van der Waals surface area (Å²) in [4.78, 5) is 36.2. The predicted octanol–water partition coefficient (Wildman–Crippen LogP) is 4.08. The Morgan fingerprint density at radius 1 is 0.971 bits per heavy atom. The third-order valence-corrected chi connectivity index (χ3v) is 6.01. The van der Waals surface area contributed by atoms with Crippen LogP contribution in [0.3, 0.4) is 0 Å². The van der Waals surface area contributed by atoms with E-state index in [1.54, 1.807) is 0 Å². The van der Waals surface area contributed by atoms with Gasteiger partial charge in [-0.3, -0.25) is 9.59 Å². The number of rotatable bonds is 14. The summed E-state index contributed by atoms with van der Waals surface area (Å²) in [7, 11) is 0. The zero-order valence-electron chi connectivity index (χ0n) is 20.1. The van der Waals surface area contributed by atoms with Crippen molar-refractivity contribution >= 4 is 18.0 Å². The van der Waals surface area contributed by atoms with Gasteiger partial charge in [0.2, 0.25) is 5.91 Å². The van der Waals surface area contributed by atoms with Gasteiger partial charge in [0.1, 0.15) is 12.6 Å². The smallest absolute Gasteiger partial charge is 0.407 e. The van der Waals surface area contributed by atoms with Crippen LogP contribution in [0.5, 0.6) is 0 Å². The number of unbranched alkanes of at least 4 members (excludes halogenated alkanes) is 1. The standard InChI is InChI=1S/C27H34N2O6/c1-2-3-16-34-17-8-15-28-26(32)24(13-14-25(30)31)29-27(33)35-18-23-21-11-6-4-9-19(21)20-10-5-7-12-22(20)23/h4-7,9-12,23-24H,2-3,8,13-18H2,1H3,(H,28,32)(H,29,33)(H,30,31). The molecule has 0 bridgehead atoms. The Morgan fingerprint density at radius 3 is 2.23 bits per heavy atom. The van der Waals surface area contributed by atoms with Crippen LogP contribution >= 0.6 is 0 Å². The number of carboxylic acid groups (broad SMARTS) is 1. The molecule has 3 rings (SSSR count). The van der Waals surface area contributed by atoms with Crippen molar-refractivity contribution < 1.29 is 29.0 Å². The first-order valence-electron chi connectivity index (χ1n) is 12.2. The summed E-state index contributed by atoms with van der Waals surface area (Å²) in [6.45, 7) is 3.79. The van der Waals surface area contributed by atoms with Gasteiger partial charge in [0.15, 0.2) is 0 Å². The highest BCUT2D eigenvalue weighted by Crippen LogP contribution is 2.44. The highest BCUT2D eigenvalue weighted by molar-refractivity contribution is 5.86. The van der Waals surface area contributed by atoms with Crippen LogP contribution in [0, 0.1) is 0 Å². The number of nitrogens with one attached hydrogen (secondary N) is 2. The van der Waals surface area contributed by atoms with Crippen molar-refractivity contribution in [1.29, 1.82) is 0 Å². The summed E-state index contributed by atoms with van der Waals surface area (Å²) in [6.07, 6.45) is 1.66. The molecule has 0 fully saturated rings. The number of hydrogen-bond donors (Lipinski definition) is 3. The van der Waals surface area contributed by atoms with E-state index in [2.05, 4.69) is 29.7 Å². The number of aliphatic carboxylic acids is 1. The number of carbonyl (C=O) groups excluding carboxylic acids is 2. The van der Waals surface area contributed by atoms with Crippen LogP contribution in [0.4, 0.5) is 4.79 Å². The lowest BCUT2D eigenvalue weighted by molar-refractivity contribution is -0.137. The zero-order chi connectivity index (χ0) is 25.0. The predicted molar refractivity (Wildman–Crippen MR) is 132 cm³/mol. The number of alkyl carbamates (subject to hydrolysis) is 1. The van der Waals surface area contributed by atoms with Gasteiger partial charge in [-0.15, -0.1) is 0 Å². The van der Waals surface area contributed by atoms with Crippen molar-refractivity contribution in [2.45, 2.75) is 51.0 Å². The third kappa shape index (κ3) is 7.55. The fraction of sp³-hybridized carbons (Fsp3) is 0.444. The summed E-state index contributed by atoms with van der Waals surface area (Å²) >= 11 is 0.